The summed E-state index contributed by atoms with van der Waals surface area (Å²) in [5.74, 6) is 1.02. The second kappa shape index (κ2) is 3.72. The second-order valence-electron chi connectivity index (χ2n) is 4.51. The minimum absolute atomic E-state index is 0.508. The van der Waals surface area contributed by atoms with Crippen molar-refractivity contribution in [3.63, 3.8) is 0 Å². The lowest BCUT2D eigenvalue weighted by Crippen LogP contribution is -2.30. The van der Waals surface area contributed by atoms with Crippen LogP contribution in [-0.2, 0) is 5.54 Å². The fourth-order valence-corrected chi connectivity index (χ4v) is 1.30. The van der Waals surface area contributed by atoms with Gasteiger partial charge in [0.15, 0.2) is 5.82 Å². The van der Waals surface area contributed by atoms with Crippen molar-refractivity contribution in [3.05, 3.63) is 35.7 Å². The Morgan fingerprint density at radius 1 is 1.19 bits per heavy atom. The maximum absolute atomic E-state index is 5.89. The van der Waals surface area contributed by atoms with E-state index in [2.05, 4.69) is 10.1 Å². The standard InChI is InChI=1S/C12H15N3O/c1-8-4-6-9(7-5-8)10-14-11(15-16-10)12(2,3)13/h4-7H,13H2,1-3H3. The Morgan fingerprint density at radius 2 is 1.81 bits per heavy atom. The Morgan fingerprint density at radius 3 is 2.31 bits per heavy atom. The third kappa shape index (κ3) is 2.12. The van der Waals surface area contributed by atoms with E-state index in [1.54, 1.807) is 0 Å². The summed E-state index contributed by atoms with van der Waals surface area (Å²) >= 11 is 0. The number of nitrogens with two attached hydrogens (primary N) is 1. The molecule has 2 rings (SSSR count). The summed E-state index contributed by atoms with van der Waals surface area (Å²) in [5, 5.41) is 3.88. The topological polar surface area (TPSA) is 64.9 Å². The largest absolute Gasteiger partial charge is 0.334 e. The van der Waals surface area contributed by atoms with Gasteiger partial charge in [-0.1, -0.05) is 22.9 Å². The van der Waals surface area contributed by atoms with Gasteiger partial charge in [0, 0.05) is 5.56 Å². The van der Waals surface area contributed by atoms with Crippen LogP contribution in [0.15, 0.2) is 28.8 Å². The van der Waals surface area contributed by atoms with Crippen LogP contribution >= 0.6 is 0 Å². The molecule has 16 heavy (non-hydrogen) atoms. The predicted molar refractivity (Wildman–Crippen MR) is 61.7 cm³/mol. The Bertz CT molecular complexity index is 480. The van der Waals surface area contributed by atoms with Crippen molar-refractivity contribution in [2.24, 2.45) is 5.73 Å². The second-order valence-corrected chi connectivity index (χ2v) is 4.51. The zero-order valence-electron chi connectivity index (χ0n) is 9.69. The third-order valence-electron chi connectivity index (χ3n) is 2.30. The highest BCUT2D eigenvalue weighted by molar-refractivity contribution is 5.53. The van der Waals surface area contributed by atoms with E-state index in [1.807, 2.05) is 45.0 Å². The average Bonchev–Trinajstić information content (AvgIpc) is 2.67. The zero-order chi connectivity index (χ0) is 11.8. The zero-order valence-corrected chi connectivity index (χ0v) is 9.69. The van der Waals surface area contributed by atoms with E-state index in [1.165, 1.54) is 5.56 Å². The molecular weight excluding hydrogens is 202 g/mol. The van der Waals surface area contributed by atoms with Gasteiger partial charge in [-0.25, -0.2) is 0 Å². The van der Waals surface area contributed by atoms with E-state index in [4.69, 9.17) is 10.3 Å². The molecule has 4 heteroatoms. The monoisotopic (exact) mass is 217 g/mol. The van der Waals surface area contributed by atoms with E-state index in [9.17, 15) is 0 Å². The van der Waals surface area contributed by atoms with E-state index in [-0.39, 0.29) is 0 Å². The van der Waals surface area contributed by atoms with Gasteiger partial charge in [0.1, 0.15) is 0 Å². The molecule has 0 atom stereocenters. The van der Waals surface area contributed by atoms with Crippen LogP contribution in [0.2, 0.25) is 0 Å². The summed E-state index contributed by atoms with van der Waals surface area (Å²) in [6.07, 6.45) is 0. The lowest BCUT2D eigenvalue weighted by atomic mass is 10.1. The number of hydrogen-bond donors (Lipinski definition) is 1. The number of aryl methyl sites for hydroxylation is 1. The summed E-state index contributed by atoms with van der Waals surface area (Å²) < 4.78 is 5.18. The molecule has 0 aliphatic carbocycles. The molecule has 0 unspecified atom stereocenters. The van der Waals surface area contributed by atoms with Gasteiger partial charge in [0.05, 0.1) is 5.54 Å². The summed E-state index contributed by atoms with van der Waals surface area (Å²) in [4.78, 5) is 4.28. The fraction of sp³-hybridized carbons (Fsp3) is 0.333. The first-order valence-corrected chi connectivity index (χ1v) is 5.17. The van der Waals surface area contributed by atoms with E-state index < -0.39 is 5.54 Å². The maximum atomic E-state index is 5.89. The van der Waals surface area contributed by atoms with Crippen LogP contribution in [-0.4, -0.2) is 10.1 Å². The first-order valence-electron chi connectivity index (χ1n) is 5.17. The van der Waals surface area contributed by atoms with Gasteiger partial charge in [-0.3, -0.25) is 0 Å². The number of rotatable bonds is 2. The highest BCUT2D eigenvalue weighted by Crippen LogP contribution is 2.20. The number of hydrogen-bond acceptors (Lipinski definition) is 4. The van der Waals surface area contributed by atoms with Crippen LogP contribution in [0.25, 0.3) is 11.5 Å². The van der Waals surface area contributed by atoms with Crippen molar-refractivity contribution in [2.75, 3.05) is 0 Å². The van der Waals surface area contributed by atoms with Gasteiger partial charge >= 0.3 is 0 Å². The Balaban J connectivity index is 2.35. The highest BCUT2D eigenvalue weighted by Gasteiger charge is 2.21. The lowest BCUT2D eigenvalue weighted by Gasteiger charge is -2.11. The van der Waals surface area contributed by atoms with Gasteiger partial charge in [0.25, 0.3) is 5.89 Å². The Labute approximate surface area is 94.5 Å². The first kappa shape index (κ1) is 10.8. The number of nitrogens with zero attached hydrogens (tertiary/aromatic N) is 2. The molecule has 0 amide bonds. The van der Waals surface area contributed by atoms with Crippen molar-refractivity contribution < 1.29 is 4.52 Å². The molecule has 0 fully saturated rings. The molecule has 0 spiro atoms. The van der Waals surface area contributed by atoms with Crippen molar-refractivity contribution in [2.45, 2.75) is 26.3 Å². The minimum atomic E-state index is -0.577. The van der Waals surface area contributed by atoms with Gasteiger partial charge in [-0.05, 0) is 32.9 Å². The normalized spacial score (nSPS) is 11.8. The Hall–Kier alpha value is -1.68. The van der Waals surface area contributed by atoms with Gasteiger partial charge in [-0.2, -0.15) is 4.98 Å². The molecular formula is C12H15N3O. The van der Waals surface area contributed by atoms with Crippen LogP contribution in [0.1, 0.15) is 25.2 Å². The molecule has 4 nitrogen and oxygen atoms in total. The fourth-order valence-electron chi connectivity index (χ4n) is 1.30. The quantitative estimate of drug-likeness (QED) is 0.837. The highest BCUT2D eigenvalue weighted by atomic mass is 16.5. The molecule has 0 aliphatic rings. The number of aromatic nitrogens is 2. The molecule has 0 bridgehead atoms. The molecule has 0 saturated heterocycles. The SMILES string of the molecule is Cc1ccc(-c2nc(C(C)(C)N)no2)cc1. The van der Waals surface area contributed by atoms with Crippen molar-refractivity contribution >= 4 is 0 Å². The minimum Gasteiger partial charge on any atom is -0.334 e. The summed E-state index contributed by atoms with van der Waals surface area (Å²) in [6, 6.07) is 7.92. The van der Waals surface area contributed by atoms with E-state index >= 15 is 0 Å². The Kier molecular flexibility index (Phi) is 2.52. The molecule has 1 heterocycles. The molecule has 0 radical (unpaired) electrons. The van der Waals surface area contributed by atoms with Crippen LogP contribution in [0, 0.1) is 6.92 Å². The van der Waals surface area contributed by atoms with Crippen molar-refractivity contribution in [3.8, 4) is 11.5 Å². The van der Waals surface area contributed by atoms with E-state index in [0.29, 0.717) is 11.7 Å². The summed E-state index contributed by atoms with van der Waals surface area (Å²) in [5.41, 5.74) is 7.42. The van der Waals surface area contributed by atoms with Crippen molar-refractivity contribution in [1.29, 1.82) is 0 Å². The van der Waals surface area contributed by atoms with Gasteiger partial charge < -0.3 is 10.3 Å². The van der Waals surface area contributed by atoms with Crippen LogP contribution in [0.3, 0.4) is 0 Å². The van der Waals surface area contributed by atoms with Crippen LogP contribution < -0.4 is 5.73 Å². The van der Waals surface area contributed by atoms with Gasteiger partial charge in [-0.15, -0.1) is 0 Å². The molecule has 1 aromatic carbocycles. The smallest absolute Gasteiger partial charge is 0.257 e. The summed E-state index contributed by atoms with van der Waals surface area (Å²) in [6.45, 7) is 5.72. The molecule has 2 aromatic rings. The average molecular weight is 217 g/mol. The molecule has 1 aromatic heterocycles. The molecule has 2 N–H and O–H groups in total. The molecule has 0 saturated carbocycles. The van der Waals surface area contributed by atoms with E-state index in [0.717, 1.165) is 5.56 Å². The molecule has 84 valence electrons. The number of benzene rings is 1. The maximum Gasteiger partial charge on any atom is 0.257 e. The van der Waals surface area contributed by atoms with Gasteiger partial charge in [0.2, 0.25) is 0 Å². The predicted octanol–water partition coefficient (Wildman–Crippen LogP) is 2.24. The third-order valence-corrected chi connectivity index (χ3v) is 2.30. The van der Waals surface area contributed by atoms with Crippen LogP contribution in [0.4, 0.5) is 0 Å². The van der Waals surface area contributed by atoms with Crippen LogP contribution in [0.5, 0.6) is 0 Å². The first-order chi connectivity index (χ1) is 7.47. The molecule has 0 aliphatic heterocycles. The summed E-state index contributed by atoms with van der Waals surface area (Å²) in [7, 11) is 0. The van der Waals surface area contributed by atoms with Crippen molar-refractivity contribution in [1.82, 2.24) is 10.1 Å². The lowest BCUT2D eigenvalue weighted by molar-refractivity contribution is 0.397.